The zero-order chi connectivity index (χ0) is 23.1. The molecule has 7 heteroatoms. The average Bonchev–Trinajstić information content (AvgIpc) is 2.99. The predicted octanol–water partition coefficient (Wildman–Crippen LogP) is 2.78. The summed E-state index contributed by atoms with van der Waals surface area (Å²) < 4.78 is 0. The molecule has 0 radical (unpaired) electrons. The number of nitrogens with two attached hydrogens (primary N) is 1. The zero-order valence-electron chi connectivity index (χ0n) is 19.0. The van der Waals surface area contributed by atoms with E-state index in [1.54, 1.807) is 11.1 Å². The largest absolute Gasteiger partial charge is 0.389 e. The van der Waals surface area contributed by atoms with Crippen molar-refractivity contribution in [1.29, 1.82) is 0 Å². The van der Waals surface area contributed by atoms with Crippen LogP contribution in [0.15, 0.2) is 48.7 Å². The standard InChI is InChI=1S/C25H34N4O3/c1-18(2)11-12-24(31)29(26)22-10-6-14-28(17-23(22)30)25(32)16-19-7-5-8-20(15-19)21-9-3-4-13-27-21/h3-5,7-9,13,15,18,22-23,30H,6,10-12,14,16-17,26H2,1-2H3/t22?,23-/m0/s1. The van der Waals surface area contributed by atoms with Gasteiger partial charge < -0.3 is 10.0 Å². The van der Waals surface area contributed by atoms with Crippen molar-refractivity contribution >= 4 is 11.8 Å². The first kappa shape index (κ1) is 23.9. The van der Waals surface area contributed by atoms with Crippen LogP contribution in [0.25, 0.3) is 11.3 Å². The van der Waals surface area contributed by atoms with Gasteiger partial charge in [0.1, 0.15) is 0 Å². The topological polar surface area (TPSA) is 99.8 Å². The third kappa shape index (κ3) is 6.37. The van der Waals surface area contributed by atoms with Crippen LogP contribution in [-0.4, -0.2) is 57.0 Å². The van der Waals surface area contributed by atoms with Gasteiger partial charge >= 0.3 is 0 Å². The Morgan fingerprint density at radius 3 is 2.78 bits per heavy atom. The number of aromatic nitrogens is 1. The summed E-state index contributed by atoms with van der Waals surface area (Å²) in [5, 5.41) is 11.9. The summed E-state index contributed by atoms with van der Waals surface area (Å²) in [7, 11) is 0. The third-order valence-electron chi connectivity index (χ3n) is 5.96. The number of aliphatic hydroxyl groups excluding tert-OH is 1. The summed E-state index contributed by atoms with van der Waals surface area (Å²) in [5.41, 5.74) is 2.73. The zero-order valence-corrected chi connectivity index (χ0v) is 19.0. The second kappa shape index (κ2) is 11.2. The van der Waals surface area contributed by atoms with Gasteiger partial charge in [0.25, 0.3) is 0 Å². The van der Waals surface area contributed by atoms with E-state index in [1.807, 2.05) is 42.5 Å². The van der Waals surface area contributed by atoms with E-state index in [9.17, 15) is 14.7 Å². The van der Waals surface area contributed by atoms with E-state index in [-0.39, 0.29) is 24.8 Å². The van der Waals surface area contributed by atoms with E-state index in [0.717, 1.165) is 23.2 Å². The molecular formula is C25H34N4O3. The van der Waals surface area contributed by atoms with Gasteiger partial charge in [-0.25, -0.2) is 5.84 Å². The van der Waals surface area contributed by atoms with Crippen molar-refractivity contribution in [2.45, 2.75) is 58.1 Å². The normalized spacial score (nSPS) is 19.0. The van der Waals surface area contributed by atoms with Crippen LogP contribution in [0, 0.1) is 5.92 Å². The van der Waals surface area contributed by atoms with Gasteiger partial charge in [-0.2, -0.15) is 0 Å². The first-order valence-corrected chi connectivity index (χ1v) is 11.4. The number of β-amino-alcohol motifs (C(OH)–C–C–N with tert-alkyl or cyclic N) is 1. The summed E-state index contributed by atoms with van der Waals surface area (Å²) in [6, 6.07) is 13.1. The second-order valence-corrected chi connectivity index (χ2v) is 8.94. The number of likely N-dealkylation sites (tertiary alicyclic amines) is 1. The molecule has 0 bridgehead atoms. The minimum atomic E-state index is -0.866. The van der Waals surface area contributed by atoms with Crippen LogP contribution < -0.4 is 5.84 Å². The Kier molecular flexibility index (Phi) is 8.36. The number of carbonyl (C=O) groups is 2. The lowest BCUT2D eigenvalue weighted by atomic mass is 10.0. The van der Waals surface area contributed by atoms with Crippen molar-refractivity contribution in [3.8, 4) is 11.3 Å². The Labute approximate surface area is 190 Å². The maximum Gasteiger partial charge on any atom is 0.236 e. The molecule has 7 nitrogen and oxygen atoms in total. The molecule has 1 aliphatic heterocycles. The monoisotopic (exact) mass is 438 g/mol. The summed E-state index contributed by atoms with van der Waals surface area (Å²) in [6.45, 7) is 4.84. The van der Waals surface area contributed by atoms with Crippen LogP contribution in [0.4, 0.5) is 0 Å². The fraction of sp³-hybridized carbons (Fsp3) is 0.480. The lowest BCUT2D eigenvalue weighted by molar-refractivity contribution is -0.137. The van der Waals surface area contributed by atoms with Crippen molar-refractivity contribution in [2.24, 2.45) is 11.8 Å². The van der Waals surface area contributed by atoms with Crippen LogP contribution in [0.2, 0.25) is 0 Å². The summed E-state index contributed by atoms with van der Waals surface area (Å²) in [6.07, 6.45) is 3.52. The lowest BCUT2D eigenvalue weighted by Gasteiger charge is -2.31. The summed E-state index contributed by atoms with van der Waals surface area (Å²) in [4.78, 5) is 31.5. The molecule has 1 aliphatic rings. The molecule has 0 spiro atoms. The highest BCUT2D eigenvalue weighted by molar-refractivity contribution is 5.79. The number of benzene rings is 1. The molecule has 3 rings (SSSR count). The van der Waals surface area contributed by atoms with Gasteiger partial charge in [0.2, 0.25) is 11.8 Å². The van der Waals surface area contributed by atoms with Crippen molar-refractivity contribution in [1.82, 2.24) is 14.9 Å². The molecule has 2 heterocycles. The van der Waals surface area contributed by atoms with E-state index < -0.39 is 12.1 Å². The molecule has 172 valence electrons. The van der Waals surface area contributed by atoms with Gasteiger partial charge in [0, 0.05) is 31.3 Å². The Morgan fingerprint density at radius 1 is 1.25 bits per heavy atom. The second-order valence-electron chi connectivity index (χ2n) is 8.94. The predicted molar refractivity (Wildman–Crippen MR) is 124 cm³/mol. The van der Waals surface area contributed by atoms with E-state index in [1.165, 1.54) is 5.01 Å². The molecule has 2 aromatic rings. The van der Waals surface area contributed by atoms with Crippen molar-refractivity contribution in [3.63, 3.8) is 0 Å². The quantitative estimate of drug-likeness (QED) is 0.393. The molecule has 1 fully saturated rings. The molecular weight excluding hydrogens is 404 g/mol. The van der Waals surface area contributed by atoms with Gasteiger partial charge in [-0.05, 0) is 48.9 Å². The fourth-order valence-corrected chi connectivity index (χ4v) is 4.06. The Morgan fingerprint density at radius 2 is 2.06 bits per heavy atom. The molecule has 2 amide bonds. The number of hydrogen-bond donors (Lipinski definition) is 2. The Balaban J connectivity index is 1.61. The number of rotatable bonds is 7. The van der Waals surface area contributed by atoms with Crippen LogP contribution in [0.5, 0.6) is 0 Å². The molecule has 2 atom stereocenters. The smallest absolute Gasteiger partial charge is 0.236 e. The number of hydrazine groups is 1. The van der Waals surface area contributed by atoms with E-state index >= 15 is 0 Å². The highest BCUT2D eigenvalue weighted by Crippen LogP contribution is 2.21. The number of carbonyl (C=O) groups excluding carboxylic acids is 2. The molecule has 0 saturated carbocycles. The Bertz CT molecular complexity index is 903. The van der Waals surface area contributed by atoms with Crippen LogP contribution in [0.1, 0.15) is 45.1 Å². The van der Waals surface area contributed by atoms with Gasteiger partial charge in [-0.1, -0.05) is 38.1 Å². The number of aliphatic hydroxyl groups is 1. The van der Waals surface area contributed by atoms with Crippen LogP contribution >= 0.6 is 0 Å². The van der Waals surface area contributed by atoms with Gasteiger partial charge in [0.15, 0.2) is 0 Å². The molecule has 1 aromatic carbocycles. The van der Waals surface area contributed by atoms with Gasteiger partial charge in [-0.15, -0.1) is 0 Å². The SMILES string of the molecule is CC(C)CCC(=O)N(N)C1CCCN(C(=O)Cc2cccc(-c3ccccn3)c2)C[C@@H]1O. The van der Waals surface area contributed by atoms with Crippen molar-refractivity contribution < 1.29 is 14.7 Å². The third-order valence-corrected chi connectivity index (χ3v) is 5.96. The maximum absolute atomic E-state index is 13.0. The van der Waals surface area contributed by atoms with Gasteiger partial charge in [0.05, 0.1) is 24.3 Å². The van der Waals surface area contributed by atoms with Crippen molar-refractivity contribution in [3.05, 3.63) is 54.2 Å². The van der Waals surface area contributed by atoms with E-state index in [4.69, 9.17) is 5.84 Å². The van der Waals surface area contributed by atoms with E-state index in [2.05, 4.69) is 18.8 Å². The number of hydrogen-bond acceptors (Lipinski definition) is 5. The van der Waals surface area contributed by atoms with Crippen LogP contribution in [-0.2, 0) is 16.0 Å². The molecule has 0 aliphatic carbocycles. The minimum absolute atomic E-state index is 0.0439. The molecule has 1 unspecified atom stereocenters. The lowest BCUT2D eigenvalue weighted by Crippen LogP contribution is -2.53. The minimum Gasteiger partial charge on any atom is -0.389 e. The molecule has 3 N–H and O–H groups in total. The first-order valence-electron chi connectivity index (χ1n) is 11.4. The molecule has 1 saturated heterocycles. The molecule has 32 heavy (non-hydrogen) atoms. The van der Waals surface area contributed by atoms with Gasteiger partial charge in [-0.3, -0.25) is 19.6 Å². The Hall–Kier alpha value is -2.77. The van der Waals surface area contributed by atoms with Crippen molar-refractivity contribution in [2.75, 3.05) is 13.1 Å². The highest BCUT2D eigenvalue weighted by Gasteiger charge is 2.32. The highest BCUT2D eigenvalue weighted by atomic mass is 16.3. The number of nitrogens with zero attached hydrogens (tertiary/aromatic N) is 3. The number of pyridine rings is 1. The molecule has 1 aromatic heterocycles. The maximum atomic E-state index is 13.0. The van der Waals surface area contributed by atoms with Crippen LogP contribution in [0.3, 0.4) is 0 Å². The fourth-order valence-electron chi connectivity index (χ4n) is 4.06. The summed E-state index contributed by atoms with van der Waals surface area (Å²) in [5.74, 6) is 6.28. The van der Waals surface area contributed by atoms with E-state index in [0.29, 0.717) is 31.7 Å². The number of amides is 2. The first-order chi connectivity index (χ1) is 15.3. The summed E-state index contributed by atoms with van der Waals surface area (Å²) >= 11 is 0. The average molecular weight is 439 g/mol.